The second kappa shape index (κ2) is 3.89. The molecular weight excluding hydrogens is 238 g/mol. The van der Waals surface area contributed by atoms with Gasteiger partial charge in [0, 0.05) is 0 Å². The zero-order valence-corrected chi connectivity index (χ0v) is 8.90. The molecule has 0 fully saturated rings. The zero-order chi connectivity index (χ0) is 9.30. The van der Waals surface area contributed by atoms with Crippen molar-refractivity contribution in [2.75, 3.05) is 0 Å². The minimum Gasteiger partial charge on any atom is -0.0984 e. The van der Waals surface area contributed by atoms with Crippen molar-refractivity contribution in [1.29, 1.82) is 0 Å². The van der Waals surface area contributed by atoms with E-state index in [1.54, 1.807) is 12.1 Å². The second-order valence-corrected chi connectivity index (χ2v) is 3.63. The van der Waals surface area contributed by atoms with E-state index in [-0.39, 0.29) is 10.0 Å². The van der Waals surface area contributed by atoms with Gasteiger partial charge in [0.25, 0.3) is 0 Å². The van der Waals surface area contributed by atoms with E-state index in [0.29, 0.717) is 15.6 Å². The number of rotatable bonds is 1. The van der Waals surface area contributed by atoms with Gasteiger partial charge in [0.2, 0.25) is 0 Å². The Kier molecular flexibility index (Phi) is 3.30. The molecule has 0 saturated carbocycles. The molecule has 0 radical (unpaired) electrons. The van der Waals surface area contributed by atoms with Gasteiger partial charge < -0.3 is 0 Å². The van der Waals surface area contributed by atoms with Crippen LogP contribution in [0.15, 0.2) is 12.6 Å². The molecule has 0 spiro atoms. The molecule has 0 nitrogen and oxygen atoms in total. The van der Waals surface area contributed by atoms with Crippen LogP contribution < -0.4 is 0 Å². The normalized spacial score (nSPS) is 10.0. The predicted octanol–water partition coefficient (Wildman–Crippen LogP) is 4.94. The van der Waals surface area contributed by atoms with Crippen molar-refractivity contribution >= 4 is 52.5 Å². The lowest BCUT2D eigenvalue weighted by atomic mass is 10.2. The minimum absolute atomic E-state index is 0.265. The van der Waals surface area contributed by atoms with E-state index in [2.05, 4.69) is 6.58 Å². The van der Waals surface area contributed by atoms with Crippen molar-refractivity contribution in [3.8, 4) is 0 Å². The number of benzene rings is 1. The number of halogens is 4. The maximum Gasteiger partial charge on any atom is 0.0799 e. The maximum absolute atomic E-state index is 5.82. The third-order valence-corrected chi connectivity index (χ3v) is 3.12. The van der Waals surface area contributed by atoms with Crippen LogP contribution >= 0.6 is 46.4 Å². The molecule has 0 heterocycles. The van der Waals surface area contributed by atoms with Gasteiger partial charge in [0.15, 0.2) is 0 Å². The van der Waals surface area contributed by atoms with E-state index in [4.69, 9.17) is 46.4 Å². The van der Waals surface area contributed by atoms with Crippen LogP contribution in [0, 0.1) is 0 Å². The summed E-state index contributed by atoms with van der Waals surface area (Å²) < 4.78 is 0. The molecule has 0 amide bonds. The van der Waals surface area contributed by atoms with Crippen LogP contribution in [-0.2, 0) is 0 Å². The fourth-order valence-corrected chi connectivity index (χ4v) is 1.63. The first-order valence-corrected chi connectivity index (χ1v) is 4.54. The van der Waals surface area contributed by atoms with Crippen LogP contribution in [0.5, 0.6) is 0 Å². The van der Waals surface area contributed by atoms with Gasteiger partial charge in [-0.05, 0) is 11.6 Å². The van der Waals surface area contributed by atoms with Crippen molar-refractivity contribution in [2.45, 2.75) is 0 Å². The fraction of sp³-hybridized carbons (Fsp3) is 0. The highest BCUT2D eigenvalue weighted by Crippen LogP contribution is 2.38. The lowest BCUT2D eigenvalue weighted by Crippen LogP contribution is -1.79. The molecule has 4 heteroatoms. The van der Waals surface area contributed by atoms with Crippen LogP contribution in [-0.4, -0.2) is 0 Å². The van der Waals surface area contributed by atoms with Crippen molar-refractivity contribution in [3.63, 3.8) is 0 Å². The smallest absolute Gasteiger partial charge is 0.0799 e. The monoisotopic (exact) mass is 240 g/mol. The van der Waals surface area contributed by atoms with Crippen LogP contribution in [0.2, 0.25) is 20.1 Å². The molecular formula is C8H4Cl4. The average Bonchev–Trinajstić information content (AvgIpc) is 2.08. The molecule has 0 N–H and O–H groups in total. The Morgan fingerprint density at radius 1 is 1.00 bits per heavy atom. The van der Waals surface area contributed by atoms with E-state index < -0.39 is 0 Å². The van der Waals surface area contributed by atoms with Gasteiger partial charge >= 0.3 is 0 Å². The molecule has 1 aromatic carbocycles. The summed E-state index contributed by atoms with van der Waals surface area (Å²) in [5, 5.41) is 1.29. The van der Waals surface area contributed by atoms with Gasteiger partial charge in [-0.3, -0.25) is 0 Å². The van der Waals surface area contributed by atoms with E-state index in [1.165, 1.54) is 0 Å². The standard InChI is InChI=1S/C8H4Cl4/c1-2-4-3-5(9)7(11)8(12)6(4)10/h2-3H,1H2. The maximum atomic E-state index is 5.82. The van der Waals surface area contributed by atoms with Gasteiger partial charge in [-0.2, -0.15) is 0 Å². The molecule has 0 aliphatic carbocycles. The minimum atomic E-state index is 0.265. The molecule has 0 atom stereocenters. The molecule has 0 aliphatic heterocycles. The van der Waals surface area contributed by atoms with Crippen molar-refractivity contribution in [3.05, 3.63) is 38.3 Å². The third-order valence-electron chi connectivity index (χ3n) is 1.35. The Balaban J connectivity index is 3.49. The van der Waals surface area contributed by atoms with E-state index >= 15 is 0 Å². The van der Waals surface area contributed by atoms with Crippen molar-refractivity contribution < 1.29 is 0 Å². The summed E-state index contributed by atoms with van der Waals surface area (Å²) >= 11 is 23.1. The fourth-order valence-electron chi connectivity index (χ4n) is 0.740. The first kappa shape index (κ1) is 10.2. The van der Waals surface area contributed by atoms with Gasteiger partial charge in [-0.1, -0.05) is 59.1 Å². The quantitative estimate of drug-likeness (QED) is 0.483. The zero-order valence-electron chi connectivity index (χ0n) is 5.87. The van der Waals surface area contributed by atoms with Gasteiger partial charge in [0.1, 0.15) is 0 Å². The summed E-state index contributed by atoms with van der Waals surface area (Å²) in [7, 11) is 0. The predicted molar refractivity (Wildman–Crippen MR) is 56.6 cm³/mol. The summed E-state index contributed by atoms with van der Waals surface area (Å²) in [4.78, 5) is 0. The summed E-state index contributed by atoms with van der Waals surface area (Å²) in [6, 6.07) is 1.62. The first-order chi connectivity index (χ1) is 5.57. The SMILES string of the molecule is C=Cc1cc(Cl)c(Cl)c(Cl)c1Cl. The van der Waals surface area contributed by atoms with Gasteiger partial charge in [0.05, 0.1) is 20.1 Å². The van der Waals surface area contributed by atoms with Crippen molar-refractivity contribution in [1.82, 2.24) is 0 Å². The molecule has 0 saturated heterocycles. The summed E-state index contributed by atoms with van der Waals surface area (Å²) in [5.74, 6) is 0. The highest BCUT2D eigenvalue weighted by atomic mass is 35.5. The number of hydrogen-bond acceptors (Lipinski definition) is 0. The summed E-state index contributed by atoms with van der Waals surface area (Å²) in [6.07, 6.45) is 1.57. The molecule has 1 rings (SSSR count). The largest absolute Gasteiger partial charge is 0.0984 e. The van der Waals surface area contributed by atoms with Crippen LogP contribution in [0.25, 0.3) is 6.08 Å². The number of hydrogen-bond donors (Lipinski definition) is 0. The topological polar surface area (TPSA) is 0 Å². The van der Waals surface area contributed by atoms with E-state index in [0.717, 1.165) is 0 Å². The van der Waals surface area contributed by atoms with Crippen LogP contribution in [0.4, 0.5) is 0 Å². The molecule has 0 aromatic heterocycles. The third kappa shape index (κ3) is 1.72. The Bertz CT molecular complexity index is 330. The Morgan fingerprint density at radius 2 is 1.58 bits per heavy atom. The van der Waals surface area contributed by atoms with Crippen LogP contribution in [0.3, 0.4) is 0 Å². The van der Waals surface area contributed by atoms with Gasteiger partial charge in [-0.25, -0.2) is 0 Å². The first-order valence-electron chi connectivity index (χ1n) is 3.03. The molecule has 64 valence electrons. The molecule has 0 aliphatic rings. The summed E-state index contributed by atoms with van der Waals surface area (Å²) in [5.41, 5.74) is 0.677. The van der Waals surface area contributed by atoms with E-state index in [9.17, 15) is 0 Å². The molecule has 0 bridgehead atoms. The molecule has 12 heavy (non-hydrogen) atoms. The van der Waals surface area contributed by atoms with Crippen molar-refractivity contribution in [2.24, 2.45) is 0 Å². The Morgan fingerprint density at radius 3 is 2.08 bits per heavy atom. The highest BCUT2D eigenvalue weighted by molar-refractivity contribution is 6.52. The average molecular weight is 242 g/mol. The Labute approximate surface area is 90.7 Å². The van der Waals surface area contributed by atoms with E-state index in [1.807, 2.05) is 0 Å². The Hall–Kier alpha value is 0.120. The lowest BCUT2D eigenvalue weighted by Gasteiger charge is -2.04. The summed E-state index contributed by atoms with van der Waals surface area (Å²) in [6.45, 7) is 3.56. The van der Waals surface area contributed by atoms with Gasteiger partial charge in [-0.15, -0.1) is 0 Å². The highest BCUT2D eigenvalue weighted by Gasteiger charge is 2.10. The van der Waals surface area contributed by atoms with Crippen LogP contribution in [0.1, 0.15) is 5.56 Å². The lowest BCUT2D eigenvalue weighted by molar-refractivity contribution is 1.65. The molecule has 0 unspecified atom stereocenters. The second-order valence-electron chi connectivity index (χ2n) is 2.09. The molecule has 1 aromatic rings.